The molecule has 118 valence electrons. The van der Waals surface area contributed by atoms with Gasteiger partial charge in [-0.25, -0.2) is 13.1 Å². The third kappa shape index (κ3) is 5.29. The first-order valence-electron chi connectivity index (χ1n) is 7.33. The highest BCUT2D eigenvalue weighted by atomic mass is 32.2. The van der Waals surface area contributed by atoms with E-state index in [4.69, 9.17) is 5.73 Å². The Morgan fingerprint density at radius 1 is 1.24 bits per heavy atom. The van der Waals surface area contributed by atoms with Gasteiger partial charge in [-0.05, 0) is 36.6 Å². The minimum absolute atomic E-state index is 0.0400. The summed E-state index contributed by atoms with van der Waals surface area (Å²) < 4.78 is 27.4. The van der Waals surface area contributed by atoms with Crippen LogP contribution in [0.2, 0.25) is 0 Å². The Kier molecular flexibility index (Phi) is 6.10. The van der Waals surface area contributed by atoms with Crippen molar-refractivity contribution in [3.05, 3.63) is 35.4 Å². The second kappa shape index (κ2) is 7.63. The second-order valence-electron chi connectivity index (χ2n) is 5.62. The summed E-state index contributed by atoms with van der Waals surface area (Å²) in [6.45, 7) is 0.476. The van der Waals surface area contributed by atoms with Gasteiger partial charge in [0.25, 0.3) is 0 Å². The highest BCUT2D eigenvalue weighted by Crippen LogP contribution is 2.27. The van der Waals surface area contributed by atoms with E-state index < -0.39 is 10.0 Å². The molecular formula is C15H24N2O2S2. The van der Waals surface area contributed by atoms with Crippen molar-refractivity contribution in [2.45, 2.75) is 49.3 Å². The molecule has 1 saturated carbocycles. The first-order valence-corrected chi connectivity index (χ1v) is 10.3. The molecule has 0 saturated heterocycles. The van der Waals surface area contributed by atoms with Crippen LogP contribution in [0.5, 0.6) is 0 Å². The Balaban J connectivity index is 1.94. The number of nitrogens with one attached hydrogen (secondary N) is 1. The lowest BCUT2D eigenvalue weighted by molar-refractivity contribution is 0.420. The summed E-state index contributed by atoms with van der Waals surface area (Å²) in [4.78, 5) is 0. The Morgan fingerprint density at radius 2 is 1.90 bits per heavy atom. The Bertz CT molecular complexity index is 543. The molecule has 2 rings (SSSR count). The van der Waals surface area contributed by atoms with E-state index in [1.807, 2.05) is 36.0 Å². The van der Waals surface area contributed by atoms with E-state index in [0.29, 0.717) is 11.8 Å². The van der Waals surface area contributed by atoms with E-state index in [-0.39, 0.29) is 11.8 Å². The minimum atomic E-state index is -3.28. The zero-order chi connectivity index (χ0) is 15.3. The molecule has 1 aliphatic carbocycles. The molecule has 0 radical (unpaired) electrons. The predicted molar refractivity (Wildman–Crippen MR) is 89.7 cm³/mol. The van der Waals surface area contributed by atoms with Crippen LogP contribution in [0.25, 0.3) is 0 Å². The molecule has 0 amide bonds. The fourth-order valence-corrected chi connectivity index (χ4v) is 5.02. The Labute approximate surface area is 131 Å². The van der Waals surface area contributed by atoms with Crippen LogP contribution in [0.4, 0.5) is 0 Å². The summed E-state index contributed by atoms with van der Waals surface area (Å²) >= 11 is 1.84. The fourth-order valence-electron chi connectivity index (χ4n) is 2.75. The van der Waals surface area contributed by atoms with Crippen molar-refractivity contribution in [1.29, 1.82) is 0 Å². The van der Waals surface area contributed by atoms with Gasteiger partial charge in [-0.1, -0.05) is 30.7 Å². The monoisotopic (exact) mass is 328 g/mol. The number of benzene rings is 1. The summed E-state index contributed by atoms with van der Waals surface area (Å²) in [5, 5.41) is 0.579. The quantitative estimate of drug-likeness (QED) is 0.840. The molecule has 1 fully saturated rings. The SMILES string of the molecule is CSC1CCCC(NS(=O)(=O)Cc2ccc(CN)cc2)C1. The molecule has 1 aromatic carbocycles. The maximum absolute atomic E-state index is 12.3. The van der Waals surface area contributed by atoms with Crippen molar-refractivity contribution in [1.82, 2.24) is 4.72 Å². The van der Waals surface area contributed by atoms with Crippen molar-refractivity contribution < 1.29 is 8.42 Å². The molecular weight excluding hydrogens is 304 g/mol. The zero-order valence-electron chi connectivity index (χ0n) is 12.4. The van der Waals surface area contributed by atoms with Crippen LogP contribution in [0.3, 0.4) is 0 Å². The standard InChI is InChI=1S/C15H24N2O2S2/c1-20-15-4-2-3-14(9-15)17-21(18,19)11-13-7-5-12(10-16)6-8-13/h5-8,14-15,17H,2-4,9-11,16H2,1H3. The molecule has 2 unspecified atom stereocenters. The lowest BCUT2D eigenvalue weighted by Crippen LogP contribution is -2.39. The van der Waals surface area contributed by atoms with Crippen molar-refractivity contribution in [3.63, 3.8) is 0 Å². The fraction of sp³-hybridized carbons (Fsp3) is 0.600. The number of hydrogen-bond acceptors (Lipinski definition) is 4. The van der Waals surface area contributed by atoms with Gasteiger partial charge in [-0.2, -0.15) is 11.8 Å². The maximum Gasteiger partial charge on any atom is 0.216 e. The first-order chi connectivity index (χ1) is 10.0. The highest BCUT2D eigenvalue weighted by Gasteiger charge is 2.25. The van der Waals surface area contributed by atoms with Gasteiger partial charge in [0.2, 0.25) is 10.0 Å². The number of hydrogen-bond donors (Lipinski definition) is 2. The number of nitrogens with two attached hydrogens (primary N) is 1. The third-order valence-electron chi connectivity index (χ3n) is 3.92. The number of thioether (sulfide) groups is 1. The third-order valence-corrected chi connectivity index (χ3v) is 6.42. The second-order valence-corrected chi connectivity index (χ2v) is 8.51. The largest absolute Gasteiger partial charge is 0.326 e. The maximum atomic E-state index is 12.3. The van der Waals surface area contributed by atoms with Crippen molar-refractivity contribution in [2.75, 3.05) is 6.26 Å². The molecule has 0 heterocycles. The van der Waals surface area contributed by atoms with Crippen LogP contribution < -0.4 is 10.5 Å². The predicted octanol–water partition coefficient (Wildman–Crippen LogP) is 2.24. The van der Waals surface area contributed by atoms with Crippen molar-refractivity contribution in [2.24, 2.45) is 5.73 Å². The van der Waals surface area contributed by atoms with E-state index in [0.717, 1.165) is 30.4 Å². The Hall–Kier alpha value is -0.560. The summed E-state index contributed by atoms with van der Waals surface area (Å²) in [6, 6.07) is 7.54. The lowest BCUT2D eigenvalue weighted by atomic mass is 9.96. The first kappa shape index (κ1) is 16.8. The summed E-state index contributed by atoms with van der Waals surface area (Å²) in [7, 11) is -3.28. The highest BCUT2D eigenvalue weighted by molar-refractivity contribution is 7.99. The van der Waals surface area contributed by atoms with E-state index in [2.05, 4.69) is 11.0 Å². The van der Waals surface area contributed by atoms with Gasteiger partial charge in [0.05, 0.1) is 5.75 Å². The van der Waals surface area contributed by atoms with Gasteiger partial charge < -0.3 is 5.73 Å². The molecule has 0 spiro atoms. The van der Waals surface area contributed by atoms with Crippen LogP contribution in [-0.2, 0) is 22.3 Å². The molecule has 0 aliphatic heterocycles. The molecule has 1 aliphatic rings. The average Bonchev–Trinajstić information content (AvgIpc) is 2.47. The zero-order valence-corrected chi connectivity index (χ0v) is 14.1. The molecule has 0 bridgehead atoms. The van der Waals surface area contributed by atoms with Gasteiger partial charge >= 0.3 is 0 Å². The van der Waals surface area contributed by atoms with Gasteiger partial charge in [0, 0.05) is 17.8 Å². The van der Waals surface area contributed by atoms with Gasteiger partial charge in [0.1, 0.15) is 0 Å². The molecule has 6 heteroatoms. The van der Waals surface area contributed by atoms with Gasteiger partial charge in [-0.15, -0.1) is 0 Å². The van der Waals surface area contributed by atoms with Gasteiger partial charge in [-0.3, -0.25) is 0 Å². The van der Waals surface area contributed by atoms with Crippen molar-refractivity contribution >= 4 is 21.8 Å². The van der Waals surface area contributed by atoms with Crippen LogP contribution in [0.15, 0.2) is 24.3 Å². The van der Waals surface area contributed by atoms with Crippen LogP contribution >= 0.6 is 11.8 Å². The molecule has 4 nitrogen and oxygen atoms in total. The normalized spacial score (nSPS) is 23.1. The molecule has 2 atom stereocenters. The molecule has 0 aromatic heterocycles. The van der Waals surface area contributed by atoms with Crippen molar-refractivity contribution in [3.8, 4) is 0 Å². The Morgan fingerprint density at radius 3 is 2.52 bits per heavy atom. The number of rotatable bonds is 6. The van der Waals surface area contributed by atoms with Crippen LogP contribution in [0, 0.1) is 0 Å². The summed E-state index contributed by atoms with van der Waals surface area (Å²) in [5.41, 5.74) is 7.36. The van der Waals surface area contributed by atoms with E-state index >= 15 is 0 Å². The number of sulfonamides is 1. The van der Waals surface area contributed by atoms with E-state index in [9.17, 15) is 8.42 Å². The summed E-state index contributed by atoms with van der Waals surface area (Å²) in [5.74, 6) is 0.0400. The molecule has 1 aromatic rings. The average molecular weight is 329 g/mol. The minimum Gasteiger partial charge on any atom is -0.326 e. The van der Waals surface area contributed by atoms with Gasteiger partial charge in [0.15, 0.2) is 0 Å². The smallest absolute Gasteiger partial charge is 0.216 e. The topological polar surface area (TPSA) is 72.2 Å². The van der Waals surface area contributed by atoms with Crippen LogP contribution in [-0.4, -0.2) is 26.0 Å². The van der Waals surface area contributed by atoms with Crippen LogP contribution in [0.1, 0.15) is 36.8 Å². The van der Waals surface area contributed by atoms with E-state index in [1.54, 1.807) is 0 Å². The molecule has 21 heavy (non-hydrogen) atoms. The summed E-state index contributed by atoms with van der Waals surface area (Å²) in [6.07, 6.45) is 6.28. The molecule has 3 N–H and O–H groups in total. The van der Waals surface area contributed by atoms with E-state index in [1.165, 1.54) is 6.42 Å². The lowest BCUT2D eigenvalue weighted by Gasteiger charge is -2.28.